The Labute approximate surface area is 213 Å². The highest BCUT2D eigenvalue weighted by Gasteiger charge is 2.28. The van der Waals surface area contributed by atoms with E-state index >= 15 is 0 Å². The highest BCUT2D eigenvalue weighted by atomic mass is 19.1. The van der Waals surface area contributed by atoms with E-state index in [0.29, 0.717) is 17.0 Å². The molecule has 10 nitrogen and oxygen atoms in total. The van der Waals surface area contributed by atoms with Gasteiger partial charge in [-0.05, 0) is 32.8 Å². The topological polar surface area (TPSA) is 131 Å². The maximum Gasteiger partial charge on any atom is 0.295 e. The van der Waals surface area contributed by atoms with Crippen LogP contribution in [0.2, 0.25) is 0 Å². The smallest absolute Gasteiger partial charge is 0.295 e. The molecule has 0 radical (unpaired) electrons. The molecule has 192 valence electrons. The Morgan fingerprint density at radius 3 is 2.59 bits per heavy atom. The number of aryl methyl sites for hydroxylation is 2. The highest BCUT2D eigenvalue weighted by molar-refractivity contribution is 6.45. The maximum absolute atomic E-state index is 14.9. The number of halogens is 1. The third kappa shape index (κ3) is 5.45. The van der Waals surface area contributed by atoms with Gasteiger partial charge in [-0.25, -0.2) is 14.7 Å². The monoisotopic (exact) mass is 504 g/mol. The predicted octanol–water partition coefficient (Wildman–Crippen LogP) is 4.53. The van der Waals surface area contributed by atoms with Crippen LogP contribution in [0.3, 0.4) is 0 Å². The van der Waals surface area contributed by atoms with Crippen molar-refractivity contribution in [3.63, 3.8) is 0 Å². The van der Waals surface area contributed by atoms with Crippen LogP contribution in [0.25, 0.3) is 11.3 Å². The number of carbonyl (C=O) groups is 2. The molecule has 1 aliphatic carbocycles. The van der Waals surface area contributed by atoms with Gasteiger partial charge >= 0.3 is 0 Å². The van der Waals surface area contributed by atoms with E-state index in [2.05, 4.69) is 48.7 Å². The molecule has 0 spiro atoms. The number of anilines is 1. The van der Waals surface area contributed by atoms with Crippen LogP contribution >= 0.6 is 0 Å². The van der Waals surface area contributed by atoms with E-state index in [0.717, 1.165) is 32.1 Å². The van der Waals surface area contributed by atoms with Crippen molar-refractivity contribution in [2.75, 3.05) is 5.32 Å². The molecule has 3 aromatic rings. The predicted molar refractivity (Wildman–Crippen MR) is 138 cm³/mol. The molecule has 0 aromatic carbocycles. The first-order valence-electron chi connectivity index (χ1n) is 12.1. The van der Waals surface area contributed by atoms with E-state index in [9.17, 15) is 14.0 Å². The standard InChI is InChI=1S/C26H29FN8O2/c1-5-18(6-2)35-19(12-13-29-35)25(36)32-22(17-10-8-7-9-11-17)26(37)31-20-14-28-23(24(27)30-20)21-15(3)33-34-16(21)4/h5-6,12-14,17-18H,1-2,7-11H2,3-4H3,(H,33,34)(H,30,31,37). The molecule has 1 fully saturated rings. The summed E-state index contributed by atoms with van der Waals surface area (Å²) in [5.74, 6) is -2.37. The van der Waals surface area contributed by atoms with Gasteiger partial charge in [-0.2, -0.15) is 19.6 Å². The van der Waals surface area contributed by atoms with E-state index in [1.54, 1.807) is 26.0 Å². The fourth-order valence-corrected chi connectivity index (χ4v) is 4.56. The van der Waals surface area contributed by atoms with Crippen molar-refractivity contribution in [3.8, 4) is 11.3 Å². The molecule has 1 saturated carbocycles. The van der Waals surface area contributed by atoms with Crippen molar-refractivity contribution < 1.29 is 14.0 Å². The number of nitrogens with one attached hydrogen (secondary N) is 2. The Morgan fingerprint density at radius 1 is 1.24 bits per heavy atom. The van der Waals surface area contributed by atoms with Gasteiger partial charge in [0.05, 0.1) is 17.9 Å². The zero-order valence-corrected chi connectivity index (χ0v) is 20.9. The zero-order chi connectivity index (χ0) is 26.5. The van der Waals surface area contributed by atoms with Crippen LogP contribution in [0, 0.1) is 25.7 Å². The van der Waals surface area contributed by atoms with E-state index in [4.69, 9.17) is 0 Å². The Hall–Kier alpha value is -4.28. The Morgan fingerprint density at radius 2 is 1.97 bits per heavy atom. The molecule has 37 heavy (non-hydrogen) atoms. The summed E-state index contributed by atoms with van der Waals surface area (Å²) in [5.41, 5.74) is 2.08. The van der Waals surface area contributed by atoms with E-state index in [1.165, 1.54) is 23.1 Å². The van der Waals surface area contributed by atoms with Gasteiger partial charge in [0.2, 0.25) is 5.95 Å². The molecule has 2 N–H and O–H groups in total. The summed E-state index contributed by atoms with van der Waals surface area (Å²) in [5, 5.41) is 13.6. The quantitative estimate of drug-likeness (QED) is 0.342. The van der Waals surface area contributed by atoms with Gasteiger partial charge in [0.25, 0.3) is 11.8 Å². The summed E-state index contributed by atoms with van der Waals surface area (Å²) < 4.78 is 16.3. The van der Waals surface area contributed by atoms with Gasteiger partial charge in [-0.1, -0.05) is 31.4 Å². The summed E-state index contributed by atoms with van der Waals surface area (Å²) in [7, 11) is 0. The molecule has 0 atom stereocenters. The third-order valence-corrected chi connectivity index (χ3v) is 6.44. The maximum atomic E-state index is 14.9. The number of carbonyl (C=O) groups excluding carboxylic acids is 2. The minimum Gasteiger partial charge on any atom is -0.304 e. The lowest BCUT2D eigenvalue weighted by Gasteiger charge is -2.22. The molecule has 0 saturated heterocycles. The second-order valence-electron chi connectivity index (χ2n) is 8.92. The number of H-pyrrole nitrogens is 1. The Balaban J connectivity index is 1.63. The van der Waals surface area contributed by atoms with Crippen molar-refractivity contribution in [1.82, 2.24) is 29.9 Å². The van der Waals surface area contributed by atoms with Crippen molar-refractivity contribution in [2.24, 2.45) is 10.9 Å². The summed E-state index contributed by atoms with van der Waals surface area (Å²) >= 11 is 0. The average Bonchev–Trinajstić information content (AvgIpc) is 3.51. The SMILES string of the molecule is C=CC(C=C)n1nccc1C(=O)N=C(C(=O)Nc1cnc(-c2c(C)n[nH]c2C)c(F)n1)C1CCCCC1. The summed E-state index contributed by atoms with van der Waals surface area (Å²) in [6.45, 7) is 11.0. The number of hydrogen-bond acceptors (Lipinski definition) is 6. The van der Waals surface area contributed by atoms with Crippen LogP contribution in [0.4, 0.5) is 10.2 Å². The second-order valence-corrected chi connectivity index (χ2v) is 8.92. The molecule has 1 aliphatic rings. The van der Waals surface area contributed by atoms with Crippen LogP contribution in [-0.2, 0) is 4.79 Å². The number of allylic oxidation sites excluding steroid dienone is 2. The molecule has 0 bridgehead atoms. The Bertz CT molecular complexity index is 1340. The zero-order valence-electron chi connectivity index (χ0n) is 20.9. The number of hydrogen-bond donors (Lipinski definition) is 2. The number of nitrogens with zero attached hydrogens (tertiary/aromatic N) is 6. The van der Waals surface area contributed by atoms with Gasteiger partial charge in [0.1, 0.15) is 17.1 Å². The van der Waals surface area contributed by atoms with Crippen LogP contribution in [0.15, 0.2) is 48.8 Å². The first-order valence-corrected chi connectivity index (χ1v) is 12.1. The van der Waals surface area contributed by atoms with Crippen molar-refractivity contribution in [2.45, 2.75) is 52.0 Å². The lowest BCUT2D eigenvalue weighted by molar-refractivity contribution is -0.110. The summed E-state index contributed by atoms with van der Waals surface area (Å²) in [4.78, 5) is 38.8. The van der Waals surface area contributed by atoms with Gasteiger partial charge < -0.3 is 5.32 Å². The molecule has 0 aliphatic heterocycles. The number of rotatable bonds is 8. The van der Waals surface area contributed by atoms with Gasteiger partial charge in [-0.3, -0.25) is 14.7 Å². The van der Waals surface area contributed by atoms with E-state index < -0.39 is 23.8 Å². The number of amides is 2. The summed E-state index contributed by atoms with van der Waals surface area (Å²) in [6, 6.07) is 1.12. The first-order chi connectivity index (χ1) is 17.8. The molecule has 3 heterocycles. The van der Waals surface area contributed by atoms with Crippen molar-refractivity contribution in [3.05, 3.63) is 66.8 Å². The van der Waals surface area contributed by atoms with Gasteiger partial charge in [0, 0.05) is 23.4 Å². The van der Waals surface area contributed by atoms with Gasteiger partial charge in [-0.15, -0.1) is 13.2 Å². The highest BCUT2D eigenvalue weighted by Crippen LogP contribution is 2.28. The molecular weight excluding hydrogens is 475 g/mol. The number of aromatic nitrogens is 6. The number of aromatic amines is 1. The largest absolute Gasteiger partial charge is 0.304 e. The Kier molecular flexibility index (Phi) is 7.80. The molecular formula is C26H29FN8O2. The minimum absolute atomic E-state index is 0.0327. The first kappa shape index (κ1) is 25.8. The minimum atomic E-state index is -0.846. The van der Waals surface area contributed by atoms with Crippen LogP contribution in [-0.4, -0.2) is 47.5 Å². The molecule has 11 heteroatoms. The van der Waals surface area contributed by atoms with Gasteiger partial charge in [0.15, 0.2) is 5.82 Å². The van der Waals surface area contributed by atoms with Crippen LogP contribution in [0.5, 0.6) is 0 Å². The normalized spacial score (nSPS) is 14.5. The lowest BCUT2D eigenvalue weighted by Crippen LogP contribution is -2.32. The average molecular weight is 505 g/mol. The van der Waals surface area contributed by atoms with Crippen LogP contribution < -0.4 is 5.32 Å². The fourth-order valence-electron chi connectivity index (χ4n) is 4.56. The van der Waals surface area contributed by atoms with Crippen molar-refractivity contribution >= 4 is 23.3 Å². The van der Waals surface area contributed by atoms with Crippen molar-refractivity contribution in [1.29, 1.82) is 0 Å². The molecule has 3 aromatic heterocycles. The van der Waals surface area contributed by atoms with E-state index in [1.807, 2.05) is 0 Å². The third-order valence-electron chi connectivity index (χ3n) is 6.44. The fraction of sp³-hybridized carbons (Fsp3) is 0.346. The molecule has 2 amide bonds. The second kappa shape index (κ2) is 11.2. The summed E-state index contributed by atoms with van der Waals surface area (Å²) in [6.07, 6.45) is 10.3. The molecule has 0 unspecified atom stereocenters. The van der Waals surface area contributed by atoms with E-state index in [-0.39, 0.29) is 28.8 Å². The number of aliphatic imine (C=N–C) groups is 1. The van der Waals surface area contributed by atoms with Crippen LogP contribution in [0.1, 0.15) is 60.0 Å². The molecule has 4 rings (SSSR count). The lowest BCUT2D eigenvalue weighted by atomic mass is 9.85.